The first-order valence-electron chi connectivity index (χ1n) is 8.97. The Kier molecular flexibility index (Phi) is 3.94. The zero-order chi connectivity index (χ0) is 17.4. The van der Waals surface area contributed by atoms with Gasteiger partial charge in [-0.05, 0) is 37.5 Å². The van der Waals surface area contributed by atoms with E-state index >= 15 is 0 Å². The van der Waals surface area contributed by atoms with Crippen molar-refractivity contribution in [1.82, 2.24) is 15.1 Å². The largest absolute Gasteiger partial charge is 0.355 e. The Morgan fingerprint density at radius 3 is 2.40 bits per heavy atom. The third-order valence-electron chi connectivity index (χ3n) is 6.01. The van der Waals surface area contributed by atoms with Crippen molar-refractivity contribution in [2.24, 2.45) is 0 Å². The molecule has 2 fully saturated rings. The normalized spacial score (nSPS) is 22.6. The Balaban J connectivity index is 1.58. The van der Waals surface area contributed by atoms with Gasteiger partial charge in [0.2, 0.25) is 5.91 Å². The van der Waals surface area contributed by atoms with E-state index in [-0.39, 0.29) is 17.4 Å². The Bertz CT molecular complexity index is 751. The molecular formula is C20H24N4O. The molecule has 2 aromatic rings. The topological polar surface area (TPSA) is 49.3 Å². The van der Waals surface area contributed by atoms with Gasteiger partial charge in [0, 0.05) is 32.5 Å². The average Bonchev–Trinajstić information content (AvgIpc) is 2.89. The van der Waals surface area contributed by atoms with Gasteiger partial charge in [-0.2, -0.15) is 5.10 Å². The van der Waals surface area contributed by atoms with E-state index in [1.165, 1.54) is 5.56 Å². The number of benzene rings is 1. The number of aryl methyl sites for hydroxylation is 1. The molecule has 25 heavy (non-hydrogen) atoms. The third kappa shape index (κ3) is 2.68. The van der Waals surface area contributed by atoms with Gasteiger partial charge < -0.3 is 9.80 Å². The van der Waals surface area contributed by atoms with E-state index in [1.54, 1.807) is 0 Å². The number of amides is 1. The zero-order valence-corrected chi connectivity index (χ0v) is 14.9. The lowest BCUT2D eigenvalue weighted by molar-refractivity contribution is -0.130. The Morgan fingerprint density at radius 2 is 1.76 bits per heavy atom. The van der Waals surface area contributed by atoms with E-state index in [2.05, 4.69) is 39.4 Å². The Hall–Kier alpha value is -2.43. The van der Waals surface area contributed by atoms with Crippen LogP contribution in [0.5, 0.6) is 0 Å². The van der Waals surface area contributed by atoms with E-state index in [4.69, 9.17) is 0 Å². The van der Waals surface area contributed by atoms with Crippen LogP contribution in [-0.2, 0) is 4.79 Å². The van der Waals surface area contributed by atoms with Crippen LogP contribution in [0.2, 0.25) is 0 Å². The minimum Gasteiger partial charge on any atom is -0.355 e. The number of nitrogens with zero attached hydrogens (tertiary/aromatic N) is 4. The van der Waals surface area contributed by atoms with Gasteiger partial charge in [0.15, 0.2) is 5.82 Å². The van der Waals surface area contributed by atoms with Crippen LogP contribution in [0.15, 0.2) is 42.5 Å². The molecule has 130 valence electrons. The molecule has 1 amide bonds. The maximum atomic E-state index is 12.5. The summed E-state index contributed by atoms with van der Waals surface area (Å²) in [5, 5.41) is 8.50. The maximum absolute atomic E-state index is 12.5. The molecule has 1 spiro atoms. The molecule has 1 atom stereocenters. The number of hydrogen-bond acceptors (Lipinski definition) is 4. The minimum atomic E-state index is -0.0763. The highest BCUT2D eigenvalue weighted by atomic mass is 16.2. The van der Waals surface area contributed by atoms with Gasteiger partial charge in [0.1, 0.15) is 0 Å². The van der Waals surface area contributed by atoms with E-state index in [0.29, 0.717) is 6.42 Å². The van der Waals surface area contributed by atoms with E-state index in [9.17, 15) is 4.79 Å². The van der Waals surface area contributed by atoms with Gasteiger partial charge in [-0.3, -0.25) is 4.79 Å². The predicted molar refractivity (Wildman–Crippen MR) is 97.5 cm³/mol. The maximum Gasteiger partial charge on any atom is 0.223 e. The Labute approximate surface area is 148 Å². The van der Waals surface area contributed by atoms with Crippen molar-refractivity contribution < 1.29 is 4.79 Å². The summed E-state index contributed by atoms with van der Waals surface area (Å²) >= 11 is 0. The van der Waals surface area contributed by atoms with Gasteiger partial charge in [-0.1, -0.05) is 30.3 Å². The van der Waals surface area contributed by atoms with Gasteiger partial charge >= 0.3 is 0 Å². The molecule has 1 aromatic carbocycles. The molecular weight excluding hydrogens is 312 g/mol. The van der Waals surface area contributed by atoms with Crippen LogP contribution in [0.25, 0.3) is 0 Å². The number of rotatable bonds is 2. The van der Waals surface area contributed by atoms with Crippen molar-refractivity contribution in [3.05, 3.63) is 53.7 Å². The summed E-state index contributed by atoms with van der Waals surface area (Å²) in [6.45, 7) is 3.75. The molecule has 0 saturated carbocycles. The van der Waals surface area contributed by atoms with Crippen LogP contribution in [0, 0.1) is 6.92 Å². The molecule has 3 heterocycles. The molecule has 2 aliphatic heterocycles. The fraction of sp³-hybridized carbons (Fsp3) is 0.450. The number of carbonyl (C=O) groups is 1. The lowest BCUT2D eigenvalue weighted by Gasteiger charge is -2.47. The van der Waals surface area contributed by atoms with Crippen LogP contribution in [0.4, 0.5) is 5.82 Å². The standard InChI is InChI=1S/C20H24N4O/c1-15-8-9-18(22-21-15)24-12-10-20(11-13-24)17(14-19(25)23(20)2)16-6-4-3-5-7-16/h3-9,17H,10-14H2,1-2H3/t17-/m0/s1. The van der Waals surface area contributed by atoms with E-state index in [0.717, 1.165) is 37.4 Å². The molecule has 5 nitrogen and oxygen atoms in total. The first-order chi connectivity index (χ1) is 12.1. The first kappa shape index (κ1) is 16.1. The van der Waals surface area contributed by atoms with Gasteiger partial charge in [0.25, 0.3) is 0 Å². The summed E-state index contributed by atoms with van der Waals surface area (Å²) in [6, 6.07) is 14.6. The molecule has 0 unspecified atom stereocenters. The van der Waals surface area contributed by atoms with Crippen LogP contribution in [0.1, 0.15) is 36.4 Å². The molecule has 0 aliphatic carbocycles. The highest BCUT2D eigenvalue weighted by Gasteiger charge is 2.52. The number of anilines is 1. The smallest absolute Gasteiger partial charge is 0.223 e. The number of aromatic nitrogens is 2. The summed E-state index contributed by atoms with van der Waals surface area (Å²) in [5.41, 5.74) is 2.14. The van der Waals surface area contributed by atoms with Crippen molar-refractivity contribution >= 4 is 11.7 Å². The van der Waals surface area contributed by atoms with Gasteiger partial charge in [0.05, 0.1) is 11.2 Å². The summed E-state index contributed by atoms with van der Waals surface area (Å²) in [6.07, 6.45) is 2.54. The van der Waals surface area contributed by atoms with Crippen molar-refractivity contribution in [2.75, 3.05) is 25.0 Å². The molecule has 0 bridgehead atoms. The molecule has 0 radical (unpaired) electrons. The summed E-state index contributed by atoms with van der Waals surface area (Å²) in [4.78, 5) is 16.8. The fourth-order valence-electron chi connectivity index (χ4n) is 4.46. The fourth-order valence-corrected chi connectivity index (χ4v) is 4.46. The van der Waals surface area contributed by atoms with Gasteiger partial charge in [-0.15, -0.1) is 5.10 Å². The number of piperidine rings is 1. The second kappa shape index (κ2) is 6.14. The second-order valence-corrected chi connectivity index (χ2v) is 7.24. The number of likely N-dealkylation sites (tertiary alicyclic amines) is 1. The summed E-state index contributed by atoms with van der Waals surface area (Å²) < 4.78 is 0. The zero-order valence-electron chi connectivity index (χ0n) is 14.9. The SMILES string of the molecule is Cc1ccc(N2CCC3(CC2)[C@H](c2ccccc2)CC(=O)N3C)nn1. The Morgan fingerprint density at radius 1 is 1.04 bits per heavy atom. The predicted octanol–water partition coefficient (Wildman–Crippen LogP) is 2.77. The number of hydrogen-bond donors (Lipinski definition) is 0. The van der Waals surface area contributed by atoms with Crippen LogP contribution in [0.3, 0.4) is 0 Å². The molecule has 5 heteroatoms. The summed E-state index contributed by atoms with van der Waals surface area (Å²) in [7, 11) is 1.98. The lowest BCUT2D eigenvalue weighted by Crippen LogP contribution is -2.54. The first-order valence-corrected chi connectivity index (χ1v) is 8.97. The minimum absolute atomic E-state index is 0.0763. The van der Waals surface area contributed by atoms with Crippen molar-refractivity contribution in [2.45, 2.75) is 37.6 Å². The molecule has 2 saturated heterocycles. The highest BCUT2D eigenvalue weighted by molar-refractivity contribution is 5.81. The van der Waals surface area contributed by atoms with E-state index < -0.39 is 0 Å². The van der Waals surface area contributed by atoms with Gasteiger partial charge in [-0.25, -0.2) is 0 Å². The van der Waals surface area contributed by atoms with Crippen LogP contribution >= 0.6 is 0 Å². The molecule has 1 aromatic heterocycles. The third-order valence-corrected chi connectivity index (χ3v) is 6.01. The average molecular weight is 336 g/mol. The lowest BCUT2D eigenvalue weighted by atomic mass is 9.74. The van der Waals surface area contributed by atoms with Crippen molar-refractivity contribution in [3.8, 4) is 0 Å². The van der Waals surface area contributed by atoms with E-state index in [1.807, 2.05) is 37.1 Å². The van der Waals surface area contributed by atoms with Crippen molar-refractivity contribution in [3.63, 3.8) is 0 Å². The van der Waals surface area contributed by atoms with Crippen molar-refractivity contribution in [1.29, 1.82) is 0 Å². The summed E-state index contributed by atoms with van der Waals surface area (Å²) in [5.74, 6) is 1.47. The quantitative estimate of drug-likeness (QED) is 0.846. The number of carbonyl (C=O) groups excluding carboxylic acids is 1. The number of likely N-dealkylation sites (N-methyl/N-ethyl adjacent to an activating group) is 1. The molecule has 2 aliphatic rings. The molecule has 4 rings (SSSR count). The van der Waals surface area contributed by atoms with Crippen LogP contribution in [-0.4, -0.2) is 46.7 Å². The monoisotopic (exact) mass is 336 g/mol. The molecule has 0 N–H and O–H groups in total. The second-order valence-electron chi connectivity index (χ2n) is 7.24. The van der Waals surface area contributed by atoms with Crippen LogP contribution < -0.4 is 4.90 Å². The highest BCUT2D eigenvalue weighted by Crippen LogP contribution is 2.48.